The van der Waals surface area contributed by atoms with E-state index in [1.54, 1.807) is 15.5 Å². The molecule has 35 heavy (non-hydrogen) atoms. The maximum atomic E-state index is 11.2. The zero-order valence-corrected chi connectivity index (χ0v) is 25.2. The number of hydrogen-bond donors (Lipinski definition) is 1. The van der Waals surface area contributed by atoms with E-state index in [9.17, 15) is 13.0 Å². The van der Waals surface area contributed by atoms with Crippen LogP contribution in [0, 0.1) is 0 Å². The van der Waals surface area contributed by atoms with Crippen LogP contribution in [0.4, 0.5) is 5.69 Å². The summed E-state index contributed by atoms with van der Waals surface area (Å²) in [5.74, 6) is -0.230. The van der Waals surface area contributed by atoms with Crippen molar-refractivity contribution in [2.75, 3.05) is 17.2 Å². The standard InChI is InChI=1S/C25H30N2O3S3Te.H2O/c1-5-19(15-23-26(6-2)25-22(32-23)14-17(3)18(4)34-25)16-24-27(12-9-13-33(28,29)30)20-10-7-8-11-21(20)31-24;/h7-8,10-11,14-16,18H,5-6,9,12-13H2,1-4H3;1H2. The molecular formula is C25H32N2O4S3Te. The topological polar surface area (TPSA) is 91.5 Å². The van der Waals surface area contributed by atoms with Crippen LogP contribution in [0.25, 0.3) is 12.2 Å². The smallest absolute Gasteiger partial charge is 0.870 e. The van der Waals surface area contributed by atoms with Crippen molar-refractivity contribution < 1.29 is 23.0 Å². The van der Waals surface area contributed by atoms with Crippen LogP contribution in [0.2, 0.25) is 3.97 Å². The Balaban J connectivity index is 0.00000342. The first-order valence-corrected chi connectivity index (χ1v) is 17.3. The molecule has 0 spiro atoms. The van der Waals surface area contributed by atoms with E-state index in [0.717, 1.165) is 23.7 Å². The Bertz CT molecular complexity index is 1280. The minimum atomic E-state index is -3.96. The van der Waals surface area contributed by atoms with Crippen molar-refractivity contribution in [1.29, 1.82) is 0 Å². The zero-order chi connectivity index (χ0) is 24.5. The van der Waals surface area contributed by atoms with Crippen LogP contribution in [0.3, 0.4) is 0 Å². The van der Waals surface area contributed by atoms with E-state index in [-0.39, 0.29) is 32.2 Å². The fourth-order valence-electron chi connectivity index (χ4n) is 4.01. The molecule has 0 amide bonds. The summed E-state index contributed by atoms with van der Waals surface area (Å²) < 4.78 is 36.5. The molecule has 2 N–H and O–H groups in total. The fraction of sp³-hybridized carbons (Fsp3) is 0.400. The van der Waals surface area contributed by atoms with Gasteiger partial charge in [0.05, 0.1) is 0 Å². The van der Waals surface area contributed by atoms with Crippen molar-refractivity contribution in [1.82, 2.24) is 0 Å². The van der Waals surface area contributed by atoms with Gasteiger partial charge < -0.3 is 5.48 Å². The molecule has 1 aromatic heterocycles. The molecule has 190 valence electrons. The molecule has 0 radical (unpaired) electrons. The van der Waals surface area contributed by atoms with Gasteiger partial charge in [-0.25, -0.2) is 0 Å². The van der Waals surface area contributed by atoms with Gasteiger partial charge in [-0.2, -0.15) is 8.42 Å². The number of anilines is 1. The number of benzene rings is 1. The van der Waals surface area contributed by atoms with Gasteiger partial charge in [-0.15, -0.1) is 0 Å². The minimum Gasteiger partial charge on any atom is -0.870 e. The molecule has 0 bridgehead atoms. The van der Waals surface area contributed by atoms with Crippen LogP contribution in [0.5, 0.6) is 0 Å². The first-order chi connectivity index (χ1) is 16.2. The second-order valence-corrected chi connectivity index (χ2v) is 15.9. The number of rotatable bonds is 8. The van der Waals surface area contributed by atoms with Gasteiger partial charge in [-0.1, -0.05) is 0 Å². The SMILES string of the molecule is CCC(=Cc1sc2c([n+]1CC)[Te]C(C)C(C)=C2)C=C1Sc2ccccc2N1CCCS(=O)(=O)O.[OH-]. The Kier molecular flexibility index (Phi) is 9.71. The molecule has 2 aliphatic rings. The third-order valence-corrected chi connectivity index (χ3v) is 13.4. The van der Waals surface area contributed by atoms with Crippen molar-refractivity contribution in [3.63, 3.8) is 0 Å². The molecule has 1 aromatic carbocycles. The fourth-order valence-corrected chi connectivity index (χ4v) is 10.9. The molecule has 1 atom stereocenters. The predicted octanol–water partition coefficient (Wildman–Crippen LogP) is 4.96. The summed E-state index contributed by atoms with van der Waals surface area (Å²) in [5.41, 5.74) is 3.86. The molecule has 0 saturated heterocycles. The molecular weight excluding hydrogens is 616 g/mol. The van der Waals surface area contributed by atoms with E-state index in [0.29, 0.717) is 16.9 Å². The van der Waals surface area contributed by atoms with Gasteiger partial charge in [-0.3, -0.25) is 4.55 Å². The summed E-state index contributed by atoms with van der Waals surface area (Å²) in [7, 11) is -3.96. The Hall–Kier alpha value is -1.12. The Morgan fingerprint density at radius 1 is 1.29 bits per heavy atom. The van der Waals surface area contributed by atoms with E-state index in [1.807, 2.05) is 23.5 Å². The zero-order valence-electron chi connectivity index (χ0n) is 20.4. The van der Waals surface area contributed by atoms with Crippen molar-refractivity contribution >= 4 is 75.7 Å². The van der Waals surface area contributed by atoms with Crippen molar-refractivity contribution in [2.45, 2.75) is 55.9 Å². The van der Waals surface area contributed by atoms with Gasteiger partial charge in [0.15, 0.2) is 0 Å². The number of nitrogens with zero attached hydrogens (tertiary/aromatic N) is 2. The van der Waals surface area contributed by atoms with Gasteiger partial charge in [0, 0.05) is 0 Å². The van der Waals surface area contributed by atoms with Gasteiger partial charge >= 0.3 is 210 Å². The van der Waals surface area contributed by atoms with E-state index < -0.39 is 10.1 Å². The summed E-state index contributed by atoms with van der Waals surface area (Å²) in [5, 5.41) is 2.41. The van der Waals surface area contributed by atoms with Gasteiger partial charge in [-0.05, 0) is 0 Å². The van der Waals surface area contributed by atoms with Crippen LogP contribution in [0.1, 0.15) is 50.4 Å². The van der Waals surface area contributed by atoms with Crippen LogP contribution >= 0.6 is 23.1 Å². The molecule has 0 saturated carbocycles. The minimum absolute atomic E-state index is 0. The Morgan fingerprint density at radius 2 is 2.03 bits per heavy atom. The number of aromatic nitrogens is 1. The summed E-state index contributed by atoms with van der Waals surface area (Å²) in [4.78, 5) is 4.79. The number of hydrogen-bond acceptors (Lipinski definition) is 6. The molecule has 1 unspecified atom stereocenters. The number of allylic oxidation sites excluding steroid dienone is 3. The molecule has 10 heteroatoms. The number of thiazole rings is 1. The van der Waals surface area contributed by atoms with E-state index in [1.165, 1.54) is 25.9 Å². The summed E-state index contributed by atoms with van der Waals surface area (Å²) in [6.45, 7) is 10.6. The van der Waals surface area contributed by atoms with Gasteiger partial charge in [0.25, 0.3) is 0 Å². The summed E-state index contributed by atoms with van der Waals surface area (Å²) in [6, 6.07) is 8.21. The molecule has 0 aliphatic carbocycles. The Morgan fingerprint density at radius 3 is 2.71 bits per heavy atom. The van der Waals surface area contributed by atoms with Gasteiger partial charge in [0.1, 0.15) is 0 Å². The molecule has 2 aliphatic heterocycles. The van der Waals surface area contributed by atoms with Crippen LogP contribution in [-0.4, -0.2) is 51.7 Å². The average Bonchev–Trinajstić information content (AvgIpc) is 3.29. The number of para-hydroxylation sites is 1. The number of fused-ring (bicyclic) bond motifs is 2. The van der Waals surface area contributed by atoms with E-state index in [2.05, 4.69) is 67.5 Å². The van der Waals surface area contributed by atoms with E-state index >= 15 is 0 Å². The third-order valence-electron chi connectivity index (χ3n) is 5.99. The molecule has 0 fully saturated rings. The van der Waals surface area contributed by atoms with Gasteiger partial charge in [0.2, 0.25) is 0 Å². The maximum absolute atomic E-state index is 11.2. The van der Waals surface area contributed by atoms with Crippen molar-refractivity contribution in [3.05, 3.63) is 56.4 Å². The molecule has 4 rings (SSSR count). The van der Waals surface area contributed by atoms with Crippen LogP contribution < -0.4 is 13.2 Å². The molecule has 3 heterocycles. The Labute approximate surface area is 227 Å². The molecule has 6 nitrogen and oxygen atoms in total. The van der Waals surface area contributed by atoms with E-state index in [4.69, 9.17) is 0 Å². The summed E-state index contributed by atoms with van der Waals surface area (Å²) in [6.07, 6.45) is 8.25. The first kappa shape index (κ1) is 28.5. The van der Waals surface area contributed by atoms with Crippen molar-refractivity contribution in [2.24, 2.45) is 0 Å². The average molecular weight is 648 g/mol. The van der Waals surface area contributed by atoms with Crippen LogP contribution in [-0.2, 0) is 16.7 Å². The third kappa shape index (κ3) is 6.61. The predicted molar refractivity (Wildman–Crippen MR) is 148 cm³/mol. The number of thioether (sulfide) groups is 1. The van der Waals surface area contributed by atoms with Crippen LogP contribution in [0.15, 0.2) is 51.4 Å². The quantitative estimate of drug-likeness (QED) is 0.248. The normalized spacial score (nSPS) is 18.8. The van der Waals surface area contributed by atoms with Crippen molar-refractivity contribution in [3.8, 4) is 0 Å². The monoisotopic (exact) mass is 650 g/mol. The second kappa shape index (κ2) is 12.0. The first-order valence-electron chi connectivity index (χ1n) is 11.5. The summed E-state index contributed by atoms with van der Waals surface area (Å²) >= 11 is 3.38. The molecule has 2 aromatic rings. The second-order valence-electron chi connectivity index (χ2n) is 8.42.